The topological polar surface area (TPSA) is 41.6 Å². The van der Waals surface area contributed by atoms with Gasteiger partial charge in [0.05, 0.1) is 7.11 Å². The number of hydrogen-bond acceptors (Lipinski definition) is 3. The minimum Gasteiger partial charge on any atom is -0.494 e. The number of halogens is 2. The van der Waals surface area contributed by atoms with Gasteiger partial charge in [0.1, 0.15) is 0 Å². The summed E-state index contributed by atoms with van der Waals surface area (Å²) in [6.07, 6.45) is 0.931. The maximum atomic E-state index is 13.5. The van der Waals surface area contributed by atoms with E-state index in [2.05, 4.69) is 5.32 Å². The molecule has 1 atom stereocenters. The third-order valence-corrected chi connectivity index (χ3v) is 3.28. The summed E-state index contributed by atoms with van der Waals surface area (Å²) in [7, 11) is 3.28. The van der Waals surface area contributed by atoms with Gasteiger partial charge in [0, 0.05) is 24.7 Å². The Morgan fingerprint density at radius 2 is 2.26 bits per heavy atom. The van der Waals surface area contributed by atoms with Crippen LogP contribution in [0.3, 0.4) is 0 Å². The van der Waals surface area contributed by atoms with Gasteiger partial charge in [-0.25, -0.2) is 4.39 Å². The van der Waals surface area contributed by atoms with E-state index in [0.29, 0.717) is 24.7 Å². The van der Waals surface area contributed by atoms with Crippen molar-refractivity contribution in [3.05, 3.63) is 29.6 Å². The number of likely N-dealkylation sites (N-methyl/N-ethyl adjacent to an activating group) is 1. The number of nitrogens with zero attached hydrogens (tertiary/aromatic N) is 1. The Bertz CT molecular complexity index is 456. The highest BCUT2D eigenvalue weighted by Gasteiger charge is 2.26. The van der Waals surface area contributed by atoms with E-state index in [0.717, 1.165) is 6.42 Å². The lowest BCUT2D eigenvalue weighted by atomic mass is 10.2. The summed E-state index contributed by atoms with van der Waals surface area (Å²) in [5.41, 5.74) is 0.366. The van der Waals surface area contributed by atoms with E-state index in [4.69, 9.17) is 4.74 Å². The highest BCUT2D eigenvalue weighted by atomic mass is 35.5. The molecule has 1 fully saturated rings. The predicted octanol–water partition coefficient (Wildman–Crippen LogP) is 1.69. The Balaban J connectivity index is 0.00000180. The normalized spacial score (nSPS) is 18.1. The average Bonchev–Trinajstić information content (AvgIpc) is 2.86. The molecule has 1 aliphatic rings. The fourth-order valence-corrected chi connectivity index (χ4v) is 2.16. The summed E-state index contributed by atoms with van der Waals surface area (Å²) >= 11 is 0. The molecule has 6 heteroatoms. The predicted molar refractivity (Wildman–Crippen MR) is 73.6 cm³/mol. The van der Waals surface area contributed by atoms with Crippen LogP contribution in [0.4, 0.5) is 4.39 Å². The lowest BCUT2D eigenvalue weighted by molar-refractivity contribution is 0.0789. The quantitative estimate of drug-likeness (QED) is 0.920. The van der Waals surface area contributed by atoms with Crippen LogP contribution in [0.25, 0.3) is 0 Å². The molecular weight excluding hydrogens is 271 g/mol. The molecule has 19 heavy (non-hydrogen) atoms. The number of nitrogens with one attached hydrogen (secondary N) is 1. The molecule has 1 amide bonds. The van der Waals surface area contributed by atoms with Crippen molar-refractivity contribution < 1.29 is 13.9 Å². The molecule has 1 unspecified atom stereocenters. The zero-order valence-electron chi connectivity index (χ0n) is 11.0. The molecule has 4 nitrogen and oxygen atoms in total. The van der Waals surface area contributed by atoms with Gasteiger partial charge in [0.2, 0.25) is 0 Å². The fraction of sp³-hybridized carbons (Fsp3) is 0.462. The van der Waals surface area contributed by atoms with Crippen LogP contribution in [0.1, 0.15) is 16.8 Å². The van der Waals surface area contributed by atoms with Crippen molar-refractivity contribution in [1.82, 2.24) is 10.2 Å². The van der Waals surface area contributed by atoms with E-state index in [1.54, 1.807) is 11.0 Å². The third-order valence-electron chi connectivity index (χ3n) is 3.28. The number of ether oxygens (including phenoxy) is 1. The van der Waals surface area contributed by atoms with Gasteiger partial charge in [-0.3, -0.25) is 4.79 Å². The molecule has 1 heterocycles. The first-order valence-corrected chi connectivity index (χ1v) is 5.95. The summed E-state index contributed by atoms with van der Waals surface area (Å²) < 4.78 is 18.4. The van der Waals surface area contributed by atoms with Gasteiger partial charge in [-0.1, -0.05) is 0 Å². The van der Waals surface area contributed by atoms with Crippen LogP contribution in [0.5, 0.6) is 5.75 Å². The van der Waals surface area contributed by atoms with Crippen molar-refractivity contribution in [1.29, 1.82) is 0 Å². The highest BCUT2D eigenvalue weighted by molar-refractivity contribution is 5.94. The van der Waals surface area contributed by atoms with Crippen molar-refractivity contribution in [2.24, 2.45) is 0 Å². The number of amides is 1. The van der Waals surface area contributed by atoms with E-state index in [1.165, 1.54) is 19.2 Å². The van der Waals surface area contributed by atoms with Gasteiger partial charge in [-0.15, -0.1) is 12.4 Å². The molecule has 0 spiro atoms. The summed E-state index contributed by atoms with van der Waals surface area (Å²) in [4.78, 5) is 13.9. The fourth-order valence-electron chi connectivity index (χ4n) is 2.16. The largest absolute Gasteiger partial charge is 0.494 e. The summed E-state index contributed by atoms with van der Waals surface area (Å²) in [6.45, 7) is 1.38. The molecule has 106 valence electrons. The second kappa shape index (κ2) is 6.73. The van der Waals surface area contributed by atoms with Crippen LogP contribution in [0.2, 0.25) is 0 Å². The summed E-state index contributed by atoms with van der Waals surface area (Å²) in [5.74, 6) is -0.483. The summed E-state index contributed by atoms with van der Waals surface area (Å²) in [6, 6.07) is 4.64. The van der Waals surface area contributed by atoms with Gasteiger partial charge in [0.25, 0.3) is 5.91 Å². The van der Waals surface area contributed by atoms with Gasteiger partial charge in [0.15, 0.2) is 11.6 Å². The lowest BCUT2D eigenvalue weighted by Crippen LogP contribution is -2.33. The Hall–Kier alpha value is -1.33. The average molecular weight is 289 g/mol. The number of hydrogen-bond donors (Lipinski definition) is 1. The lowest BCUT2D eigenvalue weighted by Gasteiger charge is -2.16. The first kappa shape index (κ1) is 15.7. The van der Waals surface area contributed by atoms with E-state index >= 15 is 0 Å². The zero-order chi connectivity index (χ0) is 13.1. The number of benzene rings is 1. The Labute approximate surface area is 118 Å². The number of rotatable bonds is 3. The molecule has 0 aliphatic carbocycles. The van der Waals surface area contributed by atoms with E-state index in [-0.39, 0.29) is 24.1 Å². The maximum Gasteiger partial charge on any atom is 0.254 e. The van der Waals surface area contributed by atoms with Crippen molar-refractivity contribution in [2.45, 2.75) is 12.5 Å². The molecule has 0 saturated carbocycles. The first-order chi connectivity index (χ1) is 8.65. The minimum atomic E-state index is -0.507. The molecule has 0 radical (unpaired) electrons. The SMILES string of the molecule is CNC1CCN(C(=O)c2ccc(OC)c(F)c2)C1.Cl. The van der Waals surface area contributed by atoms with Crippen LogP contribution in [-0.2, 0) is 0 Å². The minimum absolute atomic E-state index is 0. The van der Waals surface area contributed by atoms with E-state index in [9.17, 15) is 9.18 Å². The maximum absolute atomic E-state index is 13.5. The molecule has 1 aromatic carbocycles. The number of carbonyl (C=O) groups excluding carboxylic acids is 1. The van der Waals surface area contributed by atoms with Crippen molar-refractivity contribution in [3.8, 4) is 5.75 Å². The molecule has 1 saturated heterocycles. The monoisotopic (exact) mass is 288 g/mol. The standard InChI is InChI=1S/C13H17FN2O2.ClH/c1-15-10-5-6-16(8-10)13(17)9-3-4-12(18-2)11(14)7-9;/h3-4,7,10,15H,5-6,8H2,1-2H3;1H. The van der Waals surface area contributed by atoms with Gasteiger partial charge in [-0.2, -0.15) is 0 Å². The molecular formula is C13H18ClFN2O2. The number of methoxy groups -OCH3 is 1. The third kappa shape index (κ3) is 3.36. The molecule has 1 aromatic rings. The van der Waals surface area contributed by atoms with Crippen LogP contribution in [0.15, 0.2) is 18.2 Å². The summed E-state index contributed by atoms with van der Waals surface area (Å²) in [5, 5.41) is 3.14. The van der Waals surface area contributed by atoms with Gasteiger partial charge >= 0.3 is 0 Å². The van der Waals surface area contributed by atoms with Crippen molar-refractivity contribution >= 4 is 18.3 Å². The molecule has 0 aromatic heterocycles. The first-order valence-electron chi connectivity index (χ1n) is 5.95. The van der Waals surface area contributed by atoms with Crippen molar-refractivity contribution in [2.75, 3.05) is 27.2 Å². The van der Waals surface area contributed by atoms with Gasteiger partial charge < -0.3 is 15.0 Å². The Morgan fingerprint density at radius 3 is 2.79 bits per heavy atom. The van der Waals surface area contributed by atoms with Crippen LogP contribution < -0.4 is 10.1 Å². The smallest absolute Gasteiger partial charge is 0.254 e. The number of likely N-dealkylation sites (tertiary alicyclic amines) is 1. The van der Waals surface area contributed by atoms with E-state index < -0.39 is 5.82 Å². The van der Waals surface area contributed by atoms with Gasteiger partial charge in [-0.05, 0) is 31.7 Å². The van der Waals surface area contributed by atoms with Crippen molar-refractivity contribution in [3.63, 3.8) is 0 Å². The Kier molecular flexibility index (Phi) is 5.57. The van der Waals surface area contributed by atoms with Crippen LogP contribution >= 0.6 is 12.4 Å². The second-order valence-electron chi connectivity index (χ2n) is 4.37. The van der Waals surface area contributed by atoms with Crippen LogP contribution in [-0.4, -0.2) is 44.1 Å². The van der Waals surface area contributed by atoms with E-state index in [1.807, 2.05) is 7.05 Å². The number of carbonyl (C=O) groups is 1. The second-order valence-corrected chi connectivity index (χ2v) is 4.37. The molecule has 1 aliphatic heterocycles. The van der Waals surface area contributed by atoms with Crippen LogP contribution in [0, 0.1) is 5.82 Å². The molecule has 0 bridgehead atoms. The molecule has 1 N–H and O–H groups in total. The highest BCUT2D eigenvalue weighted by Crippen LogP contribution is 2.20. The molecule has 2 rings (SSSR count). The Morgan fingerprint density at radius 1 is 1.53 bits per heavy atom. The zero-order valence-corrected chi connectivity index (χ0v) is 11.8.